The number of methoxy groups -OCH3 is 1. The number of esters is 1. The zero-order chi connectivity index (χ0) is 33.0. The number of aryl methyl sites for hydroxylation is 2. The number of nitrogens with zero attached hydrogens (tertiary/aromatic N) is 4. The van der Waals surface area contributed by atoms with Crippen LogP contribution in [0.5, 0.6) is 5.75 Å². The number of hydrogen-bond donors (Lipinski definition) is 0. The molecule has 0 N–H and O–H groups in total. The van der Waals surface area contributed by atoms with Crippen LogP contribution in [-0.4, -0.2) is 59.1 Å². The molecule has 0 bridgehead atoms. The van der Waals surface area contributed by atoms with Gasteiger partial charge in [-0.1, -0.05) is 42.0 Å². The molecular formula is C37H43ClN4O4. The van der Waals surface area contributed by atoms with Gasteiger partial charge in [-0.15, -0.1) is 13.2 Å². The highest BCUT2D eigenvalue weighted by Gasteiger charge is 2.33. The van der Waals surface area contributed by atoms with E-state index in [9.17, 15) is 4.79 Å². The van der Waals surface area contributed by atoms with E-state index in [0.29, 0.717) is 17.3 Å². The van der Waals surface area contributed by atoms with Gasteiger partial charge in [-0.05, 0) is 69.9 Å². The number of fused-ring (bicyclic) bond motifs is 1. The lowest BCUT2D eigenvalue weighted by atomic mass is 9.93. The van der Waals surface area contributed by atoms with Gasteiger partial charge in [0.05, 0.1) is 42.6 Å². The molecule has 0 amide bonds. The van der Waals surface area contributed by atoms with Crippen LogP contribution < -0.4 is 9.64 Å². The molecule has 3 heterocycles. The zero-order valence-corrected chi connectivity index (χ0v) is 28.2. The number of piperidine rings is 1. The highest BCUT2D eigenvalue weighted by atomic mass is 35.5. The Balaban J connectivity index is 1.59. The second kappa shape index (κ2) is 14.1. The van der Waals surface area contributed by atoms with Gasteiger partial charge in [0.25, 0.3) is 0 Å². The van der Waals surface area contributed by atoms with E-state index in [1.54, 1.807) is 6.08 Å². The van der Waals surface area contributed by atoms with Gasteiger partial charge < -0.3 is 19.1 Å². The van der Waals surface area contributed by atoms with Crippen LogP contribution in [0.25, 0.3) is 28.0 Å². The minimum absolute atomic E-state index is 0.0511. The first kappa shape index (κ1) is 33.2. The van der Waals surface area contributed by atoms with Crippen molar-refractivity contribution in [3.05, 3.63) is 89.6 Å². The van der Waals surface area contributed by atoms with Crippen molar-refractivity contribution in [1.29, 1.82) is 0 Å². The summed E-state index contributed by atoms with van der Waals surface area (Å²) in [6.45, 7) is 17.8. The predicted octanol–water partition coefficient (Wildman–Crippen LogP) is 7.95. The normalized spacial score (nSPS) is 15.0. The molecule has 1 atom stereocenters. The summed E-state index contributed by atoms with van der Waals surface area (Å²) in [5, 5.41) is 5.71. The molecule has 46 heavy (non-hydrogen) atoms. The Morgan fingerprint density at radius 2 is 1.89 bits per heavy atom. The number of benzene rings is 2. The molecule has 2 aromatic carbocycles. The summed E-state index contributed by atoms with van der Waals surface area (Å²) in [4.78, 5) is 19.7. The molecule has 4 aromatic rings. The Kier molecular flexibility index (Phi) is 10.2. The van der Waals surface area contributed by atoms with Crippen molar-refractivity contribution in [2.75, 3.05) is 31.7 Å². The third-order valence-corrected chi connectivity index (χ3v) is 9.02. The lowest BCUT2D eigenvalue weighted by molar-refractivity contribution is -0.139. The molecule has 2 aromatic heterocycles. The average molecular weight is 643 g/mol. The molecule has 1 aliphatic rings. The molecule has 1 saturated heterocycles. The van der Waals surface area contributed by atoms with Crippen LogP contribution >= 0.6 is 11.6 Å². The van der Waals surface area contributed by atoms with E-state index in [1.165, 1.54) is 7.11 Å². The van der Waals surface area contributed by atoms with E-state index >= 15 is 0 Å². The van der Waals surface area contributed by atoms with Crippen molar-refractivity contribution >= 4 is 29.0 Å². The summed E-state index contributed by atoms with van der Waals surface area (Å²) in [6.07, 6.45) is 6.05. The van der Waals surface area contributed by atoms with E-state index in [0.717, 1.165) is 83.1 Å². The molecule has 0 spiro atoms. The van der Waals surface area contributed by atoms with Gasteiger partial charge in [-0.25, -0.2) is 4.98 Å². The summed E-state index contributed by atoms with van der Waals surface area (Å²) in [7, 11) is 1.41. The molecule has 8 nitrogen and oxygen atoms in total. The number of rotatable bonds is 12. The Morgan fingerprint density at radius 1 is 1.13 bits per heavy atom. The second-order valence-electron chi connectivity index (χ2n) is 12.2. The standard InChI is InChI=1S/C37H43ClN4O4/c1-8-11-25(4)46-32-13-10-12-30(38)35(32)28-21-27(15-14-24(28)3)31-23-33-39-26(5)29(22-34(43)44-7)36(42(33)40-31)41-18-16-37(6,17-19-41)45-20-9-2/h8-10,12-15,21,23,25H,1-2,11,16-20,22H2,3-7H3. The Morgan fingerprint density at radius 3 is 2.59 bits per heavy atom. The smallest absolute Gasteiger partial charge is 0.310 e. The molecule has 1 unspecified atom stereocenters. The summed E-state index contributed by atoms with van der Waals surface area (Å²) >= 11 is 6.82. The van der Waals surface area contributed by atoms with Gasteiger partial charge in [-0.3, -0.25) is 4.79 Å². The Labute approximate surface area is 276 Å². The molecule has 1 aliphatic heterocycles. The quantitative estimate of drug-likeness (QED) is 0.115. The van der Waals surface area contributed by atoms with Crippen LogP contribution in [0.1, 0.15) is 49.9 Å². The summed E-state index contributed by atoms with van der Waals surface area (Å²) in [6, 6.07) is 14.0. The number of ether oxygens (including phenoxy) is 3. The topological polar surface area (TPSA) is 78.2 Å². The average Bonchev–Trinajstić information content (AvgIpc) is 3.45. The largest absolute Gasteiger partial charge is 0.490 e. The van der Waals surface area contributed by atoms with Crippen molar-refractivity contribution < 1.29 is 19.0 Å². The maximum atomic E-state index is 12.6. The fourth-order valence-corrected chi connectivity index (χ4v) is 6.30. The van der Waals surface area contributed by atoms with Crippen LogP contribution in [-0.2, 0) is 20.7 Å². The highest BCUT2D eigenvalue weighted by Crippen LogP contribution is 2.41. The van der Waals surface area contributed by atoms with Crippen LogP contribution in [0.2, 0.25) is 5.02 Å². The summed E-state index contributed by atoms with van der Waals surface area (Å²) < 4.78 is 19.4. The van der Waals surface area contributed by atoms with Crippen LogP contribution in [0.15, 0.2) is 67.8 Å². The number of hydrogen-bond acceptors (Lipinski definition) is 7. The molecular weight excluding hydrogens is 600 g/mol. The molecule has 242 valence electrons. The van der Waals surface area contributed by atoms with E-state index in [1.807, 2.05) is 48.7 Å². The lowest BCUT2D eigenvalue weighted by Gasteiger charge is -2.40. The minimum Gasteiger partial charge on any atom is -0.490 e. The first-order chi connectivity index (χ1) is 22.1. The van der Waals surface area contributed by atoms with Gasteiger partial charge in [0.2, 0.25) is 0 Å². The fraction of sp³-hybridized carbons (Fsp3) is 0.378. The molecule has 9 heteroatoms. The van der Waals surface area contributed by atoms with Crippen molar-refractivity contribution in [1.82, 2.24) is 14.6 Å². The first-order valence-electron chi connectivity index (χ1n) is 15.7. The maximum absolute atomic E-state index is 12.6. The van der Waals surface area contributed by atoms with Crippen LogP contribution in [0.3, 0.4) is 0 Å². The monoisotopic (exact) mass is 642 g/mol. The van der Waals surface area contributed by atoms with Crippen molar-refractivity contribution in [3.8, 4) is 28.1 Å². The Hall–Kier alpha value is -4.14. The predicted molar refractivity (Wildman–Crippen MR) is 185 cm³/mol. The Bertz CT molecular complexity index is 1760. The number of halogens is 1. The van der Waals surface area contributed by atoms with E-state index < -0.39 is 0 Å². The number of aromatic nitrogens is 3. The minimum atomic E-state index is -0.322. The van der Waals surface area contributed by atoms with Crippen molar-refractivity contribution in [2.45, 2.75) is 65.1 Å². The first-order valence-corrected chi connectivity index (χ1v) is 16.1. The van der Waals surface area contributed by atoms with E-state index in [2.05, 4.69) is 50.1 Å². The fourth-order valence-electron chi connectivity index (χ4n) is 6.04. The number of carbonyl (C=O) groups is 1. The van der Waals surface area contributed by atoms with Gasteiger partial charge in [0.15, 0.2) is 5.65 Å². The molecule has 0 saturated carbocycles. The molecule has 0 radical (unpaired) electrons. The van der Waals surface area contributed by atoms with Crippen LogP contribution in [0, 0.1) is 13.8 Å². The third kappa shape index (κ3) is 6.98. The van der Waals surface area contributed by atoms with E-state index in [-0.39, 0.29) is 24.1 Å². The summed E-state index contributed by atoms with van der Waals surface area (Å²) in [5.74, 6) is 1.26. The zero-order valence-electron chi connectivity index (χ0n) is 27.4. The molecule has 0 aliphatic carbocycles. The van der Waals surface area contributed by atoms with Gasteiger partial charge >= 0.3 is 5.97 Å². The van der Waals surface area contributed by atoms with Crippen molar-refractivity contribution in [2.24, 2.45) is 0 Å². The van der Waals surface area contributed by atoms with Gasteiger partial charge in [-0.2, -0.15) is 9.61 Å². The number of anilines is 1. The second-order valence-corrected chi connectivity index (χ2v) is 12.6. The third-order valence-electron chi connectivity index (χ3n) is 8.70. The number of carbonyl (C=O) groups excluding carboxylic acids is 1. The van der Waals surface area contributed by atoms with Crippen LogP contribution in [0.4, 0.5) is 5.82 Å². The summed E-state index contributed by atoms with van der Waals surface area (Å²) in [5.41, 5.74) is 6.58. The lowest BCUT2D eigenvalue weighted by Crippen LogP contribution is -2.45. The maximum Gasteiger partial charge on any atom is 0.310 e. The van der Waals surface area contributed by atoms with Gasteiger partial charge in [0, 0.05) is 48.0 Å². The molecule has 1 fully saturated rings. The van der Waals surface area contributed by atoms with E-state index in [4.69, 9.17) is 35.9 Å². The van der Waals surface area contributed by atoms with Gasteiger partial charge in [0.1, 0.15) is 11.6 Å². The van der Waals surface area contributed by atoms with Crippen molar-refractivity contribution in [3.63, 3.8) is 0 Å². The SMILES string of the molecule is C=CCOC1(C)CCN(c2c(CC(=O)OC)c(C)nc3cc(-c4ccc(C)c(-c5c(Cl)cccc5OC(C)CC=C)c4)nn23)CC1. The highest BCUT2D eigenvalue weighted by molar-refractivity contribution is 6.33. The molecule has 5 rings (SSSR count).